The zero-order valence-corrected chi connectivity index (χ0v) is 4.05. The van der Waals surface area contributed by atoms with E-state index in [0.717, 1.165) is 0 Å². The molecule has 0 unspecified atom stereocenters. The highest BCUT2D eigenvalue weighted by atomic mass is 14.7. The minimum absolute atomic E-state index is 1.64. The van der Waals surface area contributed by atoms with Gasteiger partial charge in [-0.1, -0.05) is 0 Å². The third kappa shape index (κ3) is 3.34. The fraction of sp³-hybridized carbons (Fsp3) is 0.500. The molecule has 0 N–H and O–H groups in total. The van der Waals surface area contributed by atoms with Gasteiger partial charge in [-0.3, -0.25) is 9.98 Å². The van der Waals surface area contributed by atoms with Crippen molar-refractivity contribution in [2.75, 3.05) is 14.1 Å². The van der Waals surface area contributed by atoms with Crippen molar-refractivity contribution in [3.8, 4) is 0 Å². The maximum atomic E-state index is 3.65. The van der Waals surface area contributed by atoms with E-state index in [1.54, 1.807) is 26.5 Å². The standard InChI is InChI=1S/C4H8N2/c1-5-3-4-6-2/h3-4H,1-2H3. The van der Waals surface area contributed by atoms with Gasteiger partial charge in [0, 0.05) is 26.5 Å². The molecular weight excluding hydrogens is 76.1 g/mol. The molecule has 0 aromatic rings. The summed E-state index contributed by atoms with van der Waals surface area (Å²) in [6.07, 6.45) is 3.28. The van der Waals surface area contributed by atoms with Gasteiger partial charge in [-0.25, -0.2) is 0 Å². The van der Waals surface area contributed by atoms with Crippen molar-refractivity contribution in [3.63, 3.8) is 0 Å². The lowest BCUT2D eigenvalue weighted by Crippen LogP contribution is -1.69. The fourth-order valence-electron chi connectivity index (χ4n) is 0.133. The SMILES string of the molecule is CN=CC=NC. The van der Waals surface area contributed by atoms with Gasteiger partial charge in [0.25, 0.3) is 0 Å². The molecule has 34 valence electrons. The summed E-state index contributed by atoms with van der Waals surface area (Å²) >= 11 is 0. The Balaban J connectivity index is 3.07. The molecule has 0 saturated heterocycles. The topological polar surface area (TPSA) is 24.7 Å². The largest absolute Gasteiger partial charge is 0.295 e. The van der Waals surface area contributed by atoms with Crippen molar-refractivity contribution >= 4 is 12.4 Å². The molecule has 0 saturated carbocycles. The first-order valence-electron chi connectivity index (χ1n) is 1.74. The second kappa shape index (κ2) is 4.34. The Morgan fingerprint density at radius 3 is 1.50 bits per heavy atom. The van der Waals surface area contributed by atoms with Gasteiger partial charge in [-0.05, 0) is 0 Å². The summed E-state index contributed by atoms with van der Waals surface area (Å²) in [6, 6.07) is 0. The van der Waals surface area contributed by atoms with Gasteiger partial charge >= 0.3 is 0 Å². The summed E-state index contributed by atoms with van der Waals surface area (Å²) in [7, 11) is 3.42. The molecule has 0 aromatic carbocycles. The average molecular weight is 84.1 g/mol. The molecular formula is C4H8N2. The molecule has 0 aliphatic rings. The van der Waals surface area contributed by atoms with E-state index in [-0.39, 0.29) is 0 Å². The molecule has 0 aromatic heterocycles. The van der Waals surface area contributed by atoms with Gasteiger partial charge in [-0.15, -0.1) is 0 Å². The average Bonchev–Trinajstić information content (AvgIpc) is 1.61. The Hall–Kier alpha value is -0.660. The van der Waals surface area contributed by atoms with Crippen LogP contribution in [0.1, 0.15) is 0 Å². The van der Waals surface area contributed by atoms with Crippen LogP contribution in [0.5, 0.6) is 0 Å². The van der Waals surface area contributed by atoms with Gasteiger partial charge in [0.1, 0.15) is 0 Å². The Morgan fingerprint density at radius 1 is 1.00 bits per heavy atom. The van der Waals surface area contributed by atoms with Gasteiger partial charge in [0.15, 0.2) is 0 Å². The van der Waals surface area contributed by atoms with Crippen molar-refractivity contribution in [1.82, 2.24) is 0 Å². The Bertz CT molecular complexity index is 53.9. The summed E-state index contributed by atoms with van der Waals surface area (Å²) < 4.78 is 0. The molecule has 0 amide bonds. The molecule has 0 aliphatic heterocycles. The van der Waals surface area contributed by atoms with Crippen LogP contribution in [-0.2, 0) is 0 Å². The summed E-state index contributed by atoms with van der Waals surface area (Å²) in [4.78, 5) is 7.30. The van der Waals surface area contributed by atoms with Gasteiger partial charge in [0.2, 0.25) is 0 Å². The van der Waals surface area contributed by atoms with Crippen LogP contribution in [0, 0.1) is 0 Å². The molecule has 0 fully saturated rings. The van der Waals surface area contributed by atoms with Crippen molar-refractivity contribution in [2.24, 2.45) is 9.98 Å². The smallest absolute Gasteiger partial charge is 0.0387 e. The highest BCUT2D eigenvalue weighted by molar-refractivity contribution is 6.15. The predicted molar refractivity (Wildman–Crippen MR) is 28.8 cm³/mol. The molecule has 0 bridgehead atoms. The second-order valence-electron chi connectivity index (χ2n) is 0.815. The number of hydrogen-bond acceptors (Lipinski definition) is 2. The molecule has 6 heavy (non-hydrogen) atoms. The molecule has 0 spiro atoms. The Morgan fingerprint density at radius 2 is 1.33 bits per heavy atom. The van der Waals surface area contributed by atoms with E-state index in [1.807, 2.05) is 0 Å². The lowest BCUT2D eigenvalue weighted by atomic mass is 10.8. The van der Waals surface area contributed by atoms with E-state index >= 15 is 0 Å². The Labute approximate surface area is 37.6 Å². The number of aliphatic imine (C=N–C) groups is 2. The third-order valence-electron chi connectivity index (χ3n) is 0.365. The molecule has 0 aliphatic carbocycles. The molecule has 0 rings (SSSR count). The zero-order chi connectivity index (χ0) is 4.83. The van der Waals surface area contributed by atoms with E-state index in [9.17, 15) is 0 Å². The molecule has 0 radical (unpaired) electrons. The lowest BCUT2D eigenvalue weighted by Gasteiger charge is -1.64. The number of nitrogens with zero attached hydrogens (tertiary/aromatic N) is 2. The van der Waals surface area contributed by atoms with E-state index in [0.29, 0.717) is 0 Å². The zero-order valence-electron chi connectivity index (χ0n) is 4.05. The summed E-state index contributed by atoms with van der Waals surface area (Å²) in [5.74, 6) is 0. The van der Waals surface area contributed by atoms with Crippen molar-refractivity contribution < 1.29 is 0 Å². The van der Waals surface area contributed by atoms with Crippen LogP contribution in [0.25, 0.3) is 0 Å². The lowest BCUT2D eigenvalue weighted by molar-refractivity contribution is 1.46. The predicted octanol–water partition coefficient (Wildman–Crippen LogP) is 0.388. The van der Waals surface area contributed by atoms with E-state index < -0.39 is 0 Å². The maximum Gasteiger partial charge on any atom is 0.0387 e. The van der Waals surface area contributed by atoms with Crippen LogP contribution in [0.15, 0.2) is 9.98 Å². The van der Waals surface area contributed by atoms with Gasteiger partial charge in [-0.2, -0.15) is 0 Å². The first-order chi connectivity index (χ1) is 2.91. The highest BCUT2D eigenvalue weighted by Crippen LogP contribution is 1.46. The monoisotopic (exact) mass is 84.1 g/mol. The normalized spacial score (nSPS) is 11.7. The van der Waals surface area contributed by atoms with Crippen LogP contribution in [0.3, 0.4) is 0 Å². The van der Waals surface area contributed by atoms with Crippen molar-refractivity contribution in [3.05, 3.63) is 0 Å². The van der Waals surface area contributed by atoms with Crippen LogP contribution >= 0.6 is 0 Å². The van der Waals surface area contributed by atoms with Crippen molar-refractivity contribution in [1.29, 1.82) is 0 Å². The number of rotatable bonds is 1. The van der Waals surface area contributed by atoms with Crippen LogP contribution < -0.4 is 0 Å². The van der Waals surface area contributed by atoms with E-state index in [1.165, 1.54) is 0 Å². The first kappa shape index (κ1) is 5.34. The van der Waals surface area contributed by atoms with E-state index in [4.69, 9.17) is 0 Å². The fourth-order valence-corrected chi connectivity index (χ4v) is 0.133. The highest BCUT2D eigenvalue weighted by Gasteiger charge is 1.49. The van der Waals surface area contributed by atoms with Crippen LogP contribution in [0.4, 0.5) is 0 Å². The maximum absolute atomic E-state index is 3.65. The van der Waals surface area contributed by atoms with Gasteiger partial charge < -0.3 is 0 Å². The third-order valence-corrected chi connectivity index (χ3v) is 0.365. The van der Waals surface area contributed by atoms with Crippen LogP contribution in [-0.4, -0.2) is 26.5 Å². The summed E-state index contributed by atoms with van der Waals surface area (Å²) in [5.41, 5.74) is 0. The Kier molecular flexibility index (Phi) is 3.86. The van der Waals surface area contributed by atoms with E-state index in [2.05, 4.69) is 9.98 Å². The minimum atomic E-state index is 1.64. The van der Waals surface area contributed by atoms with Gasteiger partial charge in [0.05, 0.1) is 0 Å². The summed E-state index contributed by atoms with van der Waals surface area (Å²) in [5, 5.41) is 0. The van der Waals surface area contributed by atoms with Crippen molar-refractivity contribution in [2.45, 2.75) is 0 Å². The second-order valence-corrected chi connectivity index (χ2v) is 0.815. The molecule has 0 heterocycles. The first-order valence-corrected chi connectivity index (χ1v) is 1.74. The summed E-state index contributed by atoms with van der Waals surface area (Å²) in [6.45, 7) is 0. The number of hydrogen-bond donors (Lipinski definition) is 0. The minimum Gasteiger partial charge on any atom is -0.295 e. The van der Waals surface area contributed by atoms with Crippen LogP contribution in [0.2, 0.25) is 0 Å². The molecule has 0 atom stereocenters. The quantitative estimate of drug-likeness (QED) is 0.410. The molecule has 2 heteroatoms. The molecule has 2 nitrogen and oxygen atoms in total.